The Hall–Kier alpha value is -0.290. The first-order chi connectivity index (χ1) is 20.2. The minimum atomic E-state index is -4.46. The quantitative estimate of drug-likeness (QED) is 0.117. The summed E-state index contributed by atoms with van der Waals surface area (Å²) in [6.45, 7) is 13.7. The van der Waals surface area contributed by atoms with Crippen LogP contribution in [0.4, 0.5) is 0 Å². The molecule has 4 rings (SSSR count). The molecule has 7 N–H and O–H groups in total. The van der Waals surface area contributed by atoms with Gasteiger partial charge in [0, 0.05) is 6.04 Å². The Bertz CT molecular complexity index is 997. The number of aliphatic hydroxyl groups excluding tert-OH is 1. The van der Waals surface area contributed by atoms with Crippen LogP contribution in [0.1, 0.15) is 118 Å². The van der Waals surface area contributed by atoms with E-state index in [9.17, 15) is 18.1 Å². The minimum absolute atomic E-state index is 0.00954. The SMILES string of the molecule is CC(C)C(CC[C@@H](C)[C@H]1CC[C@H]2[C@@H]3C(O)CC4CC(C(CCCN)NCCCN)CC[C@]4(C)[C@H]3CC[C@]12C)OS(=O)(=O)O. The third kappa shape index (κ3) is 7.82. The number of nitrogens with one attached hydrogen (secondary N) is 1. The van der Waals surface area contributed by atoms with Crippen LogP contribution >= 0.6 is 0 Å². The van der Waals surface area contributed by atoms with Gasteiger partial charge in [-0.25, -0.2) is 4.18 Å². The highest BCUT2D eigenvalue weighted by atomic mass is 32.3. The van der Waals surface area contributed by atoms with Gasteiger partial charge in [-0.1, -0.05) is 34.6 Å². The highest BCUT2D eigenvalue weighted by molar-refractivity contribution is 7.80. The Balaban J connectivity index is 1.43. The van der Waals surface area contributed by atoms with Crippen molar-refractivity contribution in [3.63, 3.8) is 0 Å². The Morgan fingerprint density at radius 3 is 2.23 bits per heavy atom. The van der Waals surface area contributed by atoms with E-state index in [-0.39, 0.29) is 17.4 Å². The molecule has 0 radical (unpaired) electrons. The molecule has 8 nitrogen and oxygen atoms in total. The molecule has 0 aromatic rings. The molecule has 12 atom stereocenters. The average molecular weight is 628 g/mol. The Morgan fingerprint density at radius 2 is 1.58 bits per heavy atom. The first-order valence-electron chi connectivity index (χ1n) is 17.7. The number of nitrogens with two attached hydrogens (primary N) is 2. The van der Waals surface area contributed by atoms with Gasteiger partial charge in [-0.3, -0.25) is 4.55 Å². The first kappa shape index (κ1) is 35.6. The van der Waals surface area contributed by atoms with Crippen LogP contribution in [0.15, 0.2) is 0 Å². The summed E-state index contributed by atoms with van der Waals surface area (Å²) in [6, 6.07) is 0.499. The lowest BCUT2D eigenvalue weighted by Gasteiger charge is -2.63. The summed E-state index contributed by atoms with van der Waals surface area (Å²) in [5.41, 5.74) is 12.2. The predicted octanol–water partition coefficient (Wildman–Crippen LogP) is 5.54. The molecule has 0 heterocycles. The standard InChI is InChI=1S/C34H65N3O5S/c1-22(2)31(42-43(39,40)41)12-9-23(3)26-10-11-27-32-28(14-16-34(26,27)5)33(4)15-13-24(20-25(33)21-30(32)38)29(8-6-17-35)37-19-7-18-36/h22-32,37-38H,6-21,35-36H2,1-5H3,(H,39,40,41)/t23-,24?,25?,26-,27+,28+,29?,30?,31?,32+,33+,34-/m1/s1. The molecule has 252 valence electrons. The smallest absolute Gasteiger partial charge is 0.393 e. The third-order valence-electron chi connectivity index (χ3n) is 13.5. The van der Waals surface area contributed by atoms with Crippen molar-refractivity contribution in [2.45, 2.75) is 136 Å². The van der Waals surface area contributed by atoms with Crippen molar-refractivity contribution in [2.75, 3.05) is 19.6 Å². The summed E-state index contributed by atoms with van der Waals surface area (Å²) in [5, 5.41) is 15.7. The highest BCUT2D eigenvalue weighted by Gasteiger charge is 2.63. The summed E-state index contributed by atoms with van der Waals surface area (Å²) in [5.74, 6) is 3.77. The van der Waals surface area contributed by atoms with Gasteiger partial charge in [-0.2, -0.15) is 8.42 Å². The van der Waals surface area contributed by atoms with Crippen LogP contribution < -0.4 is 16.8 Å². The van der Waals surface area contributed by atoms with Crippen molar-refractivity contribution in [1.82, 2.24) is 5.32 Å². The van der Waals surface area contributed by atoms with E-state index in [1.54, 1.807) is 0 Å². The van der Waals surface area contributed by atoms with Gasteiger partial charge in [-0.05, 0) is 161 Å². The molecule has 0 bridgehead atoms. The summed E-state index contributed by atoms with van der Waals surface area (Å²) in [4.78, 5) is 0. The van der Waals surface area contributed by atoms with E-state index in [1.807, 2.05) is 13.8 Å². The van der Waals surface area contributed by atoms with E-state index in [4.69, 9.17) is 15.7 Å². The Kier molecular flexibility index (Phi) is 12.1. The fraction of sp³-hybridized carbons (Fsp3) is 1.00. The van der Waals surface area contributed by atoms with Gasteiger partial charge in [0.05, 0.1) is 12.2 Å². The second kappa shape index (κ2) is 14.6. The average Bonchev–Trinajstić information content (AvgIpc) is 3.29. The predicted molar refractivity (Wildman–Crippen MR) is 174 cm³/mol. The lowest BCUT2D eigenvalue weighted by atomic mass is 9.43. The van der Waals surface area contributed by atoms with E-state index in [1.165, 1.54) is 44.9 Å². The second-order valence-electron chi connectivity index (χ2n) is 16.1. The van der Waals surface area contributed by atoms with Gasteiger partial charge in [-0.15, -0.1) is 0 Å². The maximum atomic E-state index is 11.9. The second-order valence-corrected chi connectivity index (χ2v) is 17.1. The molecule has 0 aliphatic heterocycles. The van der Waals surface area contributed by atoms with Crippen molar-refractivity contribution >= 4 is 10.4 Å². The number of hydrogen-bond acceptors (Lipinski definition) is 7. The van der Waals surface area contributed by atoms with Crippen molar-refractivity contribution in [3.05, 3.63) is 0 Å². The monoisotopic (exact) mass is 627 g/mol. The molecule has 4 aliphatic rings. The number of aliphatic hydroxyl groups is 1. The number of fused-ring (bicyclic) bond motifs is 5. The molecule has 4 saturated carbocycles. The van der Waals surface area contributed by atoms with Crippen LogP contribution in [0.5, 0.6) is 0 Å². The molecule has 4 fully saturated rings. The van der Waals surface area contributed by atoms with Gasteiger partial charge in [0.2, 0.25) is 0 Å². The summed E-state index contributed by atoms with van der Waals surface area (Å²) < 4.78 is 37.2. The molecule has 0 saturated heterocycles. The highest BCUT2D eigenvalue weighted by Crippen LogP contribution is 2.68. The zero-order valence-corrected chi connectivity index (χ0v) is 28.7. The fourth-order valence-electron chi connectivity index (χ4n) is 11.1. The van der Waals surface area contributed by atoms with Crippen molar-refractivity contribution < 1.29 is 22.3 Å². The Labute approximate surface area is 263 Å². The van der Waals surface area contributed by atoms with Gasteiger partial charge in [0.25, 0.3) is 0 Å². The van der Waals surface area contributed by atoms with Crippen LogP contribution in [0.25, 0.3) is 0 Å². The lowest BCUT2D eigenvalue weighted by molar-refractivity contribution is -0.170. The maximum absolute atomic E-state index is 11.9. The molecular formula is C34H65N3O5S. The van der Waals surface area contributed by atoms with E-state index < -0.39 is 16.5 Å². The van der Waals surface area contributed by atoms with Crippen LogP contribution in [0.2, 0.25) is 0 Å². The van der Waals surface area contributed by atoms with Crippen molar-refractivity contribution in [2.24, 2.45) is 69.6 Å². The Morgan fingerprint density at radius 1 is 0.907 bits per heavy atom. The largest absolute Gasteiger partial charge is 0.397 e. The molecule has 4 aliphatic carbocycles. The molecule has 0 spiro atoms. The van der Waals surface area contributed by atoms with Crippen LogP contribution in [-0.2, 0) is 14.6 Å². The van der Waals surface area contributed by atoms with Gasteiger partial charge < -0.3 is 21.9 Å². The van der Waals surface area contributed by atoms with E-state index >= 15 is 0 Å². The summed E-state index contributed by atoms with van der Waals surface area (Å²) in [6.07, 6.45) is 13.5. The van der Waals surface area contributed by atoms with Gasteiger partial charge in [0.15, 0.2) is 0 Å². The van der Waals surface area contributed by atoms with Crippen LogP contribution in [-0.4, -0.2) is 56.0 Å². The zero-order valence-electron chi connectivity index (χ0n) is 27.8. The van der Waals surface area contributed by atoms with Gasteiger partial charge >= 0.3 is 10.4 Å². The van der Waals surface area contributed by atoms with Gasteiger partial charge in [0.1, 0.15) is 0 Å². The maximum Gasteiger partial charge on any atom is 0.397 e. The van der Waals surface area contributed by atoms with Crippen LogP contribution in [0.3, 0.4) is 0 Å². The summed E-state index contributed by atoms with van der Waals surface area (Å²) >= 11 is 0. The normalized spacial score (nSPS) is 40.0. The number of rotatable bonds is 15. The van der Waals surface area contributed by atoms with Crippen molar-refractivity contribution in [3.8, 4) is 0 Å². The number of hydrogen-bond donors (Lipinski definition) is 5. The molecule has 0 aromatic carbocycles. The van der Waals surface area contributed by atoms with Crippen LogP contribution in [0, 0.1) is 58.2 Å². The molecule has 5 unspecified atom stereocenters. The molecular weight excluding hydrogens is 562 g/mol. The zero-order chi connectivity index (χ0) is 31.6. The summed E-state index contributed by atoms with van der Waals surface area (Å²) in [7, 11) is -4.46. The van der Waals surface area contributed by atoms with Crippen molar-refractivity contribution in [1.29, 1.82) is 0 Å². The lowest BCUT2D eigenvalue weighted by Crippen LogP contribution is -2.59. The molecule has 0 amide bonds. The topological polar surface area (TPSA) is 148 Å². The molecule has 9 heteroatoms. The molecule has 43 heavy (non-hydrogen) atoms. The minimum Gasteiger partial charge on any atom is -0.393 e. The van der Waals surface area contributed by atoms with E-state index in [0.29, 0.717) is 59.3 Å². The molecule has 0 aromatic heterocycles. The first-order valence-corrected chi connectivity index (χ1v) is 19.1. The van der Waals surface area contributed by atoms with E-state index in [0.717, 1.165) is 51.7 Å². The third-order valence-corrected chi connectivity index (χ3v) is 13.9. The van der Waals surface area contributed by atoms with E-state index in [2.05, 4.69) is 26.1 Å². The fourth-order valence-corrected chi connectivity index (χ4v) is 11.7.